The van der Waals surface area contributed by atoms with Crippen molar-refractivity contribution >= 4 is 40.1 Å². The first-order valence-electron chi connectivity index (χ1n) is 6.71. The SMILES string of the molecule is O=C1C[C@@H]([NH+]2CCOCC2)C(=O)N1c1ccc(I)cc1. The van der Waals surface area contributed by atoms with Crippen LogP contribution in [-0.4, -0.2) is 44.2 Å². The van der Waals surface area contributed by atoms with Gasteiger partial charge >= 0.3 is 0 Å². The summed E-state index contributed by atoms with van der Waals surface area (Å²) in [4.78, 5) is 27.2. The minimum absolute atomic E-state index is 0.0758. The molecule has 2 aliphatic rings. The van der Waals surface area contributed by atoms with Gasteiger partial charge in [0.1, 0.15) is 13.1 Å². The van der Waals surface area contributed by atoms with Crippen LogP contribution in [0.1, 0.15) is 6.42 Å². The Morgan fingerprint density at radius 2 is 1.80 bits per heavy atom. The maximum Gasteiger partial charge on any atom is 0.292 e. The molecule has 0 aliphatic carbocycles. The van der Waals surface area contributed by atoms with Crippen LogP contribution in [-0.2, 0) is 14.3 Å². The molecule has 2 saturated heterocycles. The van der Waals surface area contributed by atoms with E-state index < -0.39 is 0 Å². The lowest BCUT2D eigenvalue weighted by Gasteiger charge is -2.27. The number of quaternary nitrogens is 1. The number of morpholine rings is 1. The zero-order chi connectivity index (χ0) is 14.1. The van der Waals surface area contributed by atoms with Gasteiger partial charge in [-0.2, -0.15) is 0 Å². The van der Waals surface area contributed by atoms with Gasteiger partial charge < -0.3 is 9.64 Å². The zero-order valence-electron chi connectivity index (χ0n) is 11.0. The molecule has 0 spiro atoms. The molecule has 6 heteroatoms. The molecular formula is C14H16IN2O3+. The van der Waals surface area contributed by atoms with Crippen LogP contribution in [0.5, 0.6) is 0 Å². The Morgan fingerprint density at radius 1 is 1.15 bits per heavy atom. The number of anilines is 1. The highest BCUT2D eigenvalue weighted by Crippen LogP contribution is 2.22. The maximum atomic E-state index is 12.5. The number of imide groups is 1. The Morgan fingerprint density at radius 3 is 2.45 bits per heavy atom. The molecule has 20 heavy (non-hydrogen) atoms. The zero-order valence-corrected chi connectivity index (χ0v) is 13.1. The first-order chi connectivity index (χ1) is 9.66. The molecule has 1 atom stereocenters. The van der Waals surface area contributed by atoms with E-state index in [9.17, 15) is 9.59 Å². The average molecular weight is 387 g/mol. The summed E-state index contributed by atoms with van der Waals surface area (Å²) in [6, 6.07) is 7.23. The molecular weight excluding hydrogens is 371 g/mol. The van der Waals surface area contributed by atoms with Crippen LogP contribution in [0, 0.1) is 3.57 Å². The Hall–Kier alpha value is -0.990. The number of nitrogens with one attached hydrogen (secondary N) is 1. The highest BCUT2D eigenvalue weighted by atomic mass is 127. The maximum absolute atomic E-state index is 12.5. The van der Waals surface area contributed by atoms with E-state index in [4.69, 9.17) is 4.74 Å². The average Bonchev–Trinajstić information content (AvgIpc) is 2.76. The molecule has 0 unspecified atom stereocenters. The number of carbonyl (C=O) groups excluding carboxylic acids is 2. The fourth-order valence-corrected chi connectivity index (χ4v) is 3.15. The Bertz CT molecular complexity index is 526. The molecule has 2 amide bonds. The molecule has 1 aromatic carbocycles. The molecule has 106 valence electrons. The van der Waals surface area contributed by atoms with E-state index in [2.05, 4.69) is 22.6 Å². The van der Waals surface area contributed by atoms with Crippen LogP contribution in [0.25, 0.3) is 0 Å². The minimum atomic E-state index is -0.245. The number of hydrogen-bond donors (Lipinski definition) is 1. The van der Waals surface area contributed by atoms with Crippen LogP contribution in [0.3, 0.4) is 0 Å². The lowest BCUT2D eigenvalue weighted by atomic mass is 10.2. The van der Waals surface area contributed by atoms with Crippen molar-refractivity contribution in [1.82, 2.24) is 0 Å². The molecule has 2 aliphatic heterocycles. The predicted octanol–water partition coefficient (Wildman–Crippen LogP) is -0.162. The van der Waals surface area contributed by atoms with Crippen LogP contribution >= 0.6 is 22.6 Å². The normalized spacial score (nSPS) is 24.4. The monoisotopic (exact) mass is 387 g/mol. The minimum Gasteiger partial charge on any atom is -0.370 e. The number of carbonyl (C=O) groups is 2. The Kier molecular flexibility index (Phi) is 4.04. The fourth-order valence-electron chi connectivity index (χ4n) is 2.79. The van der Waals surface area contributed by atoms with Gasteiger partial charge in [-0.15, -0.1) is 0 Å². The predicted molar refractivity (Wildman–Crippen MR) is 81.6 cm³/mol. The van der Waals surface area contributed by atoms with Crippen LogP contribution in [0.15, 0.2) is 24.3 Å². The lowest BCUT2D eigenvalue weighted by Crippen LogP contribution is -3.18. The summed E-state index contributed by atoms with van der Waals surface area (Å²) in [5, 5.41) is 0. The van der Waals surface area contributed by atoms with E-state index in [1.54, 1.807) is 0 Å². The van der Waals surface area contributed by atoms with Gasteiger partial charge in [0.2, 0.25) is 5.91 Å². The summed E-state index contributed by atoms with van der Waals surface area (Å²) in [7, 11) is 0. The fraction of sp³-hybridized carbons (Fsp3) is 0.429. The van der Waals surface area contributed by atoms with Crippen molar-refractivity contribution in [3.05, 3.63) is 27.8 Å². The van der Waals surface area contributed by atoms with Gasteiger partial charge in [-0.1, -0.05) is 0 Å². The van der Waals surface area contributed by atoms with Gasteiger partial charge in [0.25, 0.3) is 5.91 Å². The van der Waals surface area contributed by atoms with Gasteiger partial charge in [0, 0.05) is 3.57 Å². The van der Waals surface area contributed by atoms with Crippen molar-refractivity contribution in [3.63, 3.8) is 0 Å². The van der Waals surface area contributed by atoms with Gasteiger partial charge in [-0.3, -0.25) is 9.59 Å². The largest absolute Gasteiger partial charge is 0.370 e. The van der Waals surface area contributed by atoms with Gasteiger partial charge in [-0.05, 0) is 46.9 Å². The summed E-state index contributed by atoms with van der Waals surface area (Å²) >= 11 is 2.20. The van der Waals surface area contributed by atoms with Crippen molar-refractivity contribution in [3.8, 4) is 0 Å². The number of halogens is 1. The molecule has 0 radical (unpaired) electrons. The highest BCUT2D eigenvalue weighted by molar-refractivity contribution is 14.1. The van der Waals surface area contributed by atoms with E-state index in [1.807, 2.05) is 24.3 Å². The van der Waals surface area contributed by atoms with E-state index in [-0.39, 0.29) is 17.9 Å². The number of nitrogens with zero attached hydrogens (tertiary/aromatic N) is 1. The number of amides is 2. The molecule has 0 bridgehead atoms. The molecule has 0 saturated carbocycles. The van der Waals surface area contributed by atoms with Crippen molar-refractivity contribution in [2.45, 2.75) is 12.5 Å². The quantitative estimate of drug-likeness (QED) is 0.567. The molecule has 3 rings (SSSR count). The Balaban J connectivity index is 1.81. The van der Waals surface area contributed by atoms with Crippen molar-refractivity contribution in [2.24, 2.45) is 0 Å². The summed E-state index contributed by atoms with van der Waals surface area (Å²) in [6.07, 6.45) is 0.306. The standard InChI is InChI=1S/C14H15IN2O3/c15-10-1-3-11(4-2-10)17-13(18)9-12(14(17)19)16-5-7-20-8-6-16/h1-4,12H,5-9H2/p+1/t12-/m1/s1. The third-order valence-corrected chi connectivity index (χ3v) is 4.58. The smallest absolute Gasteiger partial charge is 0.292 e. The number of hydrogen-bond acceptors (Lipinski definition) is 3. The second kappa shape index (κ2) is 5.79. The van der Waals surface area contributed by atoms with Gasteiger partial charge in [-0.25, -0.2) is 4.90 Å². The number of ether oxygens (including phenoxy) is 1. The highest BCUT2D eigenvalue weighted by Gasteiger charge is 2.45. The van der Waals surface area contributed by atoms with E-state index in [0.717, 1.165) is 16.7 Å². The van der Waals surface area contributed by atoms with Gasteiger partial charge in [0.15, 0.2) is 6.04 Å². The molecule has 2 fully saturated rings. The third kappa shape index (κ3) is 2.59. The molecule has 5 nitrogen and oxygen atoms in total. The van der Waals surface area contributed by atoms with Crippen molar-refractivity contribution in [2.75, 3.05) is 31.2 Å². The van der Waals surface area contributed by atoms with Crippen molar-refractivity contribution < 1.29 is 19.2 Å². The third-order valence-electron chi connectivity index (χ3n) is 3.86. The molecule has 1 N–H and O–H groups in total. The summed E-state index contributed by atoms with van der Waals surface area (Å²) < 4.78 is 6.40. The summed E-state index contributed by atoms with van der Waals surface area (Å²) in [6.45, 7) is 2.92. The van der Waals surface area contributed by atoms with E-state index in [1.165, 1.54) is 9.80 Å². The second-order valence-corrected chi connectivity index (χ2v) is 6.32. The van der Waals surface area contributed by atoms with Crippen LogP contribution in [0.4, 0.5) is 5.69 Å². The first kappa shape index (κ1) is 14.0. The lowest BCUT2D eigenvalue weighted by molar-refractivity contribution is -0.922. The van der Waals surface area contributed by atoms with Gasteiger partial charge in [0.05, 0.1) is 25.3 Å². The number of rotatable bonds is 2. The molecule has 2 heterocycles. The molecule has 1 aromatic rings. The summed E-state index contributed by atoms with van der Waals surface area (Å²) in [5.41, 5.74) is 0.676. The van der Waals surface area contributed by atoms with Crippen LogP contribution < -0.4 is 9.80 Å². The van der Waals surface area contributed by atoms with Crippen LogP contribution in [0.2, 0.25) is 0 Å². The first-order valence-corrected chi connectivity index (χ1v) is 7.79. The van der Waals surface area contributed by atoms with Crippen molar-refractivity contribution in [1.29, 1.82) is 0 Å². The number of benzene rings is 1. The molecule has 0 aromatic heterocycles. The topological polar surface area (TPSA) is 51.1 Å². The summed E-state index contributed by atoms with van der Waals surface area (Å²) in [5.74, 6) is -0.173. The second-order valence-electron chi connectivity index (χ2n) is 5.07. The Labute approximate surface area is 131 Å². The van der Waals surface area contributed by atoms with E-state index in [0.29, 0.717) is 25.3 Å². The van der Waals surface area contributed by atoms with E-state index >= 15 is 0 Å².